The Labute approximate surface area is 225 Å². The number of carbonyl (C=O) groups excluding carboxylic acids is 3. The molecule has 8 nitrogen and oxygen atoms in total. The summed E-state index contributed by atoms with van der Waals surface area (Å²) in [6, 6.07) is 10.5. The van der Waals surface area contributed by atoms with Crippen molar-refractivity contribution >= 4 is 17.9 Å². The second kappa shape index (κ2) is 9.92. The molecule has 1 aliphatic carbocycles. The average molecular weight is 558 g/mol. The summed E-state index contributed by atoms with van der Waals surface area (Å²) in [6.07, 6.45) is -3.90. The molecule has 40 heavy (non-hydrogen) atoms. The van der Waals surface area contributed by atoms with Crippen LogP contribution in [0.1, 0.15) is 30.0 Å². The number of alkyl halides is 3. The largest absolute Gasteiger partial charge is 0.427 e. The fraction of sp³-hybridized carbons (Fsp3) is 0.286. The summed E-state index contributed by atoms with van der Waals surface area (Å²) in [7, 11) is 0. The van der Waals surface area contributed by atoms with Crippen LogP contribution in [0.2, 0.25) is 0 Å². The molecule has 2 aliphatic rings. The van der Waals surface area contributed by atoms with Gasteiger partial charge in [-0.05, 0) is 53.8 Å². The number of carbonyl (C=O) groups is 3. The van der Waals surface area contributed by atoms with Crippen LogP contribution in [0.5, 0.6) is 0 Å². The van der Waals surface area contributed by atoms with Crippen molar-refractivity contribution in [3.05, 3.63) is 93.7 Å². The first-order valence-corrected chi connectivity index (χ1v) is 12.4. The molecule has 2 atom stereocenters. The molecule has 2 aromatic carbocycles. The highest BCUT2D eigenvalue weighted by Crippen LogP contribution is 2.46. The molecule has 2 heterocycles. The number of halogens is 4. The van der Waals surface area contributed by atoms with E-state index in [1.165, 1.54) is 18.2 Å². The Kier molecular flexibility index (Phi) is 6.72. The summed E-state index contributed by atoms with van der Waals surface area (Å²) in [5, 5.41) is 0. The number of benzene rings is 2. The average Bonchev–Trinajstić information content (AvgIpc) is 3.39. The summed E-state index contributed by atoms with van der Waals surface area (Å²) < 4.78 is 59.7. The maximum Gasteiger partial charge on any atom is 0.418 e. The first-order valence-electron chi connectivity index (χ1n) is 12.4. The molecule has 3 amide bonds. The molecule has 1 spiro atoms. The third kappa shape index (κ3) is 4.85. The van der Waals surface area contributed by atoms with Crippen molar-refractivity contribution in [2.24, 2.45) is 0 Å². The van der Waals surface area contributed by atoms with E-state index in [1.54, 1.807) is 24.4 Å². The summed E-state index contributed by atoms with van der Waals surface area (Å²) in [5.74, 6) is -2.55. The van der Waals surface area contributed by atoms with Crippen molar-refractivity contribution in [3.63, 3.8) is 0 Å². The number of rotatable bonds is 6. The molecule has 208 valence electrons. The number of fused-ring (bicyclic) bond motifs is 2. The lowest BCUT2D eigenvalue weighted by Gasteiger charge is -2.31. The Hall–Kier alpha value is -4.48. The van der Waals surface area contributed by atoms with E-state index in [0.717, 1.165) is 35.7 Å². The minimum absolute atomic E-state index is 0.102. The zero-order chi connectivity index (χ0) is 28.8. The predicted molar refractivity (Wildman–Crippen MR) is 133 cm³/mol. The Bertz CT molecular complexity index is 1530. The second-order valence-electron chi connectivity index (χ2n) is 9.77. The lowest BCUT2D eigenvalue weighted by atomic mass is 9.93. The molecule has 1 aromatic heterocycles. The first-order chi connectivity index (χ1) is 18.9. The lowest BCUT2D eigenvalue weighted by Crippen LogP contribution is -2.51. The lowest BCUT2D eigenvalue weighted by molar-refractivity contribution is -0.187. The van der Waals surface area contributed by atoms with E-state index in [2.05, 4.69) is 4.98 Å². The fourth-order valence-electron chi connectivity index (χ4n) is 5.05. The summed E-state index contributed by atoms with van der Waals surface area (Å²) >= 11 is 0. The smallest absolute Gasteiger partial charge is 0.418 e. The van der Waals surface area contributed by atoms with Gasteiger partial charge in [-0.2, -0.15) is 13.2 Å². The van der Waals surface area contributed by atoms with E-state index in [-0.39, 0.29) is 17.5 Å². The highest BCUT2D eigenvalue weighted by Gasteiger charge is 2.58. The maximum absolute atomic E-state index is 13.6. The van der Waals surface area contributed by atoms with Gasteiger partial charge in [0.15, 0.2) is 0 Å². The van der Waals surface area contributed by atoms with Crippen LogP contribution in [-0.4, -0.2) is 51.5 Å². The first kappa shape index (κ1) is 27.1. The molecule has 0 unspecified atom stereocenters. The Morgan fingerprint density at radius 3 is 2.42 bits per heavy atom. The Morgan fingerprint density at radius 2 is 1.77 bits per heavy atom. The predicted octanol–water partition coefficient (Wildman–Crippen LogP) is 4.28. The molecular weight excluding hydrogens is 534 g/mol. The van der Waals surface area contributed by atoms with Gasteiger partial charge < -0.3 is 14.6 Å². The molecule has 0 radical (unpaired) electrons. The molecule has 0 bridgehead atoms. The van der Waals surface area contributed by atoms with Gasteiger partial charge in [-0.25, -0.2) is 14.1 Å². The number of hydrogen-bond acceptors (Lipinski definition) is 5. The number of H-pyrrole nitrogens is 1. The molecule has 12 heteroatoms. The van der Waals surface area contributed by atoms with Gasteiger partial charge in [0, 0.05) is 30.8 Å². The van der Waals surface area contributed by atoms with Gasteiger partial charge >= 0.3 is 12.3 Å². The molecule has 1 saturated heterocycles. The van der Waals surface area contributed by atoms with Gasteiger partial charge in [-0.15, -0.1) is 0 Å². The number of nitrogens with one attached hydrogen (secondary N) is 1. The minimum atomic E-state index is -4.79. The van der Waals surface area contributed by atoms with Crippen LogP contribution in [-0.2, 0) is 32.9 Å². The number of nitrogens with zero attached hydrogens (tertiary/aromatic N) is 2. The van der Waals surface area contributed by atoms with E-state index in [0.29, 0.717) is 21.8 Å². The number of aromatic nitrogens is 1. The molecular formula is C28H23F4N3O5. The standard InChI is InChI=1S/C28H23F4N3O5/c1-16(28(30,31)32)34(14-17-2-6-21(29)7-3-17)24(37)15-35-25(38)27(40-26(35)39)11-10-19-12-18(4-8-22(19)27)20-5-9-23(36)33-13-20/h2-9,12-13,16H,10-11,14-15H2,1H3,(H,33,36)/t16-,27+/m0/s1. The Morgan fingerprint density at radius 1 is 1.07 bits per heavy atom. The zero-order valence-electron chi connectivity index (χ0n) is 21.1. The normalized spacial score (nSPS) is 19.1. The molecule has 1 aliphatic heterocycles. The van der Waals surface area contributed by atoms with Crippen LogP contribution in [0.3, 0.4) is 0 Å². The van der Waals surface area contributed by atoms with Crippen LogP contribution in [0.15, 0.2) is 65.6 Å². The molecule has 1 N–H and O–H groups in total. The number of amides is 3. The number of hydrogen-bond donors (Lipinski definition) is 1. The number of aryl methyl sites for hydroxylation is 1. The molecule has 1 fully saturated rings. The highest BCUT2D eigenvalue weighted by atomic mass is 19.4. The van der Waals surface area contributed by atoms with Gasteiger partial charge in [0.25, 0.3) is 5.91 Å². The van der Waals surface area contributed by atoms with E-state index < -0.39 is 54.6 Å². The van der Waals surface area contributed by atoms with Crippen LogP contribution in [0, 0.1) is 5.82 Å². The summed E-state index contributed by atoms with van der Waals surface area (Å²) in [5.41, 5.74) is 0.929. The van der Waals surface area contributed by atoms with E-state index >= 15 is 0 Å². The monoisotopic (exact) mass is 557 g/mol. The van der Waals surface area contributed by atoms with Crippen LogP contribution in [0.25, 0.3) is 11.1 Å². The van der Waals surface area contributed by atoms with E-state index in [1.807, 2.05) is 6.07 Å². The summed E-state index contributed by atoms with van der Waals surface area (Å²) in [6.45, 7) is -0.676. The van der Waals surface area contributed by atoms with Crippen molar-refractivity contribution in [1.82, 2.24) is 14.8 Å². The van der Waals surface area contributed by atoms with Crippen molar-refractivity contribution in [1.29, 1.82) is 0 Å². The van der Waals surface area contributed by atoms with Gasteiger partial charge in [0.05, 0.1) is 0 Å². The third-order valence-electron chi connectivity index (χ3n) is 7.30. The van der Waals surface area contributed by atoms with Gasteiger partial charge in [-0.3, -0.25) is 14.4 Å². The fourth-order valence-corrected chi connectivity index (χ4v) is 5.05. The molecule has 0 saturated carbocycles. The van der Waals surface area contributed by atoms with Gasteiger partial charge in [0.1, 0.15) is 18.4 Å². The number of imide groups is 1. The molecule has 5 rings (SSSR count). The number of aromatic amines is 1. The zero-order valence-corrected chi connectivity index (χ0v) is 21.1. The van der Waals surface area contributed by atoms with Crippen molar-refractivity contribution in [2.45, 2.75) is 44.1 Å². The van der Waals surface area contributed by atoms with Crippen molar-refractivity contribution in [2.75, 3.05) is 6.54 Å². The minimum Gasteiger partial charge on any atom is -0.427 e. The van der Waals surface area contributed by atoms with Crippen LogP contribution >= 0.6 is 0 Å². The summed E-state index contributed by atoms with van der Waals surface area (Å²) in [4.78, 5) is 54.5. The van der Waals surface area contributed by atoms with E-state index in [9.17, 15) is 36.7 Å². The van der Waals surface area contributed by atoms with Gasteiger partial charge in [0.2, 0.25) is 17.1 Å². The SMILES string of the molecule is C[C@H](N(Cc1ccc(F)cc1)C(=O)CN1C(=O)O[C@@]2(CCc3cc(-c4ccc(=O)[nH]c4)ccc32)C1=O)C(F)(F)F. The quantitative estimate of drug-likeness (QED) is 0.456. The van der Waals surface area contributed by atoms with Gasteiger partial charge in [-0.1, -0.05) is 30.3 Å². The second-order valence-corrected chi connectivity index (χ2v) is 9.77. The maximum atomic E-state index is 13.6. The van der Waals surface area contributed by atoms with Crippen molar-refractivity contribution < 1.29 is 36.7 Å². The number of pyridine rings is 1. The highest BCUT2D eigenvalue weighted by molar-refractivity contribution is 6.06. The number of ether oxygens (including phenoxy) is 1. The Balaban J connectivity index is 1.39. The molecule has 3 aromatic rings. The van der Waals surface area contributed by atoms with Crippen LogP contribution < -0.4 is 5.56 Å². The van der Waals surface area contributed by atoms with E-state index in [4.69, 9.17) is 4.74 Å². The third-order valence-corrected chi connectivity index (χ3v) is 7.30. The topological polar surface area (TPSA) is 99.8 Å². The van der Waals surface area contributed by atoms with Crippen molar-refractivity contribution in [3.8, 4) is 11.1 Å². The van der Waals surface area contributed by atoms with Crippen LogP contribution in [0.4, 0.5) is 22.4 Å².